The molecule has 1 heterocycles. The van der Waals surface area contributed by atoms with Crippen molar-refractivity contribution in [3.05, 3.63) is 82.4 Å². The first-order valence-corrected chi connectivity index (χ1v) is 9.71. The average Bonchev–Trinajstić information content (AvgIpc) is 2.72. The zero-order chi connectivity index (χ0) is 21.7. The van der Waals surface area contributed by atoms with Crippen LogP contribution in [0.2, 0.25) is 0 Å². The minimum Gasteiger partial charge on any atom is -0.334 e. The molecule has 4 nitrogen and oxygen atoms in total. The molecule has 0 bridgehead atoms. The van der Waals surface area contributed by atoms with Crippen molar-refractivity contribution in [1.82, 2.24) is 9.80 Å². The summed E-state index contributed by atoms with van der Waals surface area (Å²) in [6.45, 7) is 1.00. The smallest absolute Gasteiger partial charge is 0.224 e. The Balaban J connectivity index is 1.92. The predicted octanol–water partition coefficient (Wildman–Crippen LogP) is 3.79. The maximum absolute atomic E-state index is 13.2. The van der Waals surface area contributed by atoms with E-state index in [1.165, 1.54) is 24.3 Å². The van der Waals surface area contributed by atoms with Crippen molar-refractivity contribution >= 4 is 23.8 Å². The molecule has 0 atom stereocenters. The van der Waals surface area contributed by atoms with Gasteiger partial charge in [0.25, 0.3) is 0 Å². The van der Waals surface area contributed by atoms with Gasteiger partial charge < -0.3 is 9.80 Å². The van der Waals surface area contributed by atoms with Gasteiger partial charge in [-0.15, -0.1) is 0 Å². The normalized spacial score (nSPS) is 17.2. The maximum Gasteiger partial charge on any atom is 0.224 e. The van der Waals surface area contributed by atoms with Gasteiger partial charge in [0, 0.05) is 37.2 Å². The lowest BCUT2D eigenvalue weighted by molar-refractivity contribution is -0.131. The Morgan fingerprint density at radius 1 is 0.900 bits per heavy atom. The van der Waals surface area contributed by atoms with Gasteiger partial charge in [0.2, 0.25) is 5.91 Å². The molecule has 0 radical (unpaired) electrons. The fraction of sp³-hybridized carbons (Fsp3) is 0.250. The minimum atomic E-state index is -0.357. The largest absolute Gasteiger partial charge is 0.334 e. The summed E-state index contributed by atoms with van der Waals surface area (Å²) in [5.74, 6) is -0.930. The fourth-order valence-electron chi connectivity index (χ4n) is 3.21. The van der Waals surface area contributed by atoms with Crippen LogP contribution in [0.15, 0.2) is 59.7 Å². The maximum atomic E-state index is 13.2. The standard InChI is InChI=1S/C24H24F2N2O2/c1-27(2)12-11-23(29)28-15-19(13-17-3-7-21(25)8-4-17)24(30)20(16-28)14-18-5-9-22(26)10-6-18/h3-10,13-14H,11-12,15-16H2,1-2H3/b19-13+,20-14+. The van der Waals surface area contributed by atoms with Gasteiger partial charge in [0.15, 0.2) is 5.78 Å². The Kier molecular flexibility index (Phi) is 6.90. The second kappa shape index (κ2) is 9.59. The number of amides is 1. The highest BCUT2D eigenvalue weighted by atomic mass is 19.1. The van der Waals surface area contributed by atoms with Crippen molar-refractivity contribution in [2.24, 2.45) is 0 Å². The molecule has 0 saturated carbocycles. The molecule has 0 unspecified atom stereocenters. The second-order valence-electron chi connectivity index (χ2n) is 7.57. The van der Waals surface area contributed by atoms with Crippen molar-refractivity contribution in [3.8, 4) is 0 Å². The number of ketones is 1. The van der Waals surface area contributed by atoms with Crippen molar-refractivity contribution in [1.29, 1.82) is 0 Å². The summed E-state index contributed by atoms with van der Waals surface area (Å²) in [6.07, 6.45) is 3.71. The van der Waals surface area contributed by atoms with Crippen LogP contribution in [0.25, 0.3) is 12.2 Å². The topological polar surface area (TPSA) is 40.6 Å². The first-order chi connectivity index (χ1) is 14.3. The molecule has 3 rings (SSSR count). The van der Waals surface area contributed by atoms with Crippen LogP contribution >= 0.6 is 0 Å². The van der Waals surface area contributed by atoms with E-state index in [9.17, 15) is 18.4 Å². The molecule has 2 aromatic rings. The molecule has 30 heavy (non-hydrogen) atoms. The molecule has 1 aliphatic heterocycles. The third-order valence-electron chi connectivity index (χ3n) is 4.85. The minimum absolute atomic E-state index is 0.0498. The third kappa shape index (κ3) is 5.70. The van der Waals surface area contributed by atoms with Crippen LogP contribution in [0.1, 0.15) is 17.5 Å². The van der Waals surface area contributed by atoms with E-state index >= 15 is 0 Å². The summed E-state index contributed by atoms with van der Waals surface area (Å²) in [6, 6.07) is 11.7. The van der Waals surface area contributed by atoms with Crippen molar-refractivity contribution < 1.29 is 18.4 Å². The highest BCUT2D eigenvalue weighted by molar-refractivity contribution is 6.15. The van der Waals surface area contributed by atoms with E-state index in [4.69, 9.17) is 0 Å². The van der Waals surface area contributed by atoms with Gasteiger partial charge in [0.05, 0.1) is 0 Å². The molecule has 0 spiro atoms. The number of hydrogen-bond acceptors (Lipinski definition) is 3. The van der Waals surface area contributed by atoms with Gasteiger partial charge in [-0.2, -0.15) is 0 Å². The number of piperidine rings is 1. The number of likely N-dealkylation sites (tertiary alicyclic amines) is 1. The Hall–Kier alpha value is -3.12. The van der Waals surface area contributed by atoms with E-state index in [2.05, 4.69) is 0 Å². The lowest BCUT2D eigenvalue weighted by Gasteiger charge is -2.30. The van der Waals surface area contributed by atoms with Crippen molar-refractivity contribution in [3.63, 3.8) is 0 Å². The molecule has 0 N–H and O–H groups in total. The molecule has 156 valence electrons. The molecule has 1 amide bonds. The van der Waals surface area contributed by atoms with Crippen LogP contribution in [0.5, 0.6) is 0 Å². The molecule has 1 aliphatic rings. The van der Waals surface area contributed by atoms with Crippen LogP contribution in [0.3, 0.4) is 0 Å². The summed E-state index contributed by atoms with van der Waals surface area (Å²) < 4.78 is 26.4. The van der Waals surface area contributed by atoms with Gasteiger partial charge in [-0.25, -0.2) is 8.78 Å². The highest BCUT2D eigenvalue weighted by Gasteiger charge is 2.28. The SMILES string of the molecule is CN(C)CCC(=O)N1C/C(=C\c2ccc(F)cc2)C(=O)/C(=C/c2ccc(F)cc2)C1. The first-order valence-electron chi connectivity index (χ1n) is 9.71. The summed E-state index contributed by atoms with van der Waals surface area (Å²) in [7, 11) is 3.79. The Labute approximate surface area is 175 Å². The number of nitrogens with zero attached hydrogens (tertiary/aromatic N) is 2. The van der Waals surface area contributed by atoms with Gasteiger partial charge in [-0.1, -0.05) is 24.3 Å². The summed E-state index contributed by atoms with van der Waals surface area (Å²) in [4.78, 5) is 29.4. The molecule has 2 aromatic carbocycles. The zero-order valence-electron chi connectivity index (χ0n) is 17.1. The zero-order valence-corrected chi connectivity index (χ0v) is 17.1. The molecule has 6 heteroatoms. The summed E-state index contributed by atoms with van der Waals surface area (Å²) >= 11 is 0. The van der Waals surface area contributed by atoms with Gasteiger partial charge in [0.1, 0.15) is 11.6 Å². The lowest BCUT2D eigenvalue weighted by atomic mass is 9.94. The third-order valence-corrected chi connectivity index (χ3v) is 4.85. The first kappa shape index (κ1) is 21.6. The quantitative estimate of drug-likeness (QED) is 0.704. The van der Waals surface area contributed by atoms with E-state index in [-0.39, 0.29) is 36.4 Å². The van der Waals surface area contributed by atoms with Gasteiger partial charge in [-0.3, -0.25) is 9.59 Å². The number of carbonyl (C=O) groups excluding carboxylic acids is 2. The van der Waals surface area contributed by atoms with Gasteiger partial charge >= 0.3 is 0 Å². The average molecular weight is 410 g/mol. The summed E-state index contributed by atoms with van der Waals surface area (Å²) in [5.41, 5.74) is 2.28. The summed E-state index contributed by atoms with van der Waals surface area (Å²) in [5, 5.41) is 0. The van der Waals surface area contributed by atoms with Crippen LogP contribution in [0.4, 0.5) is 8.78 Å². The Morgan fingerprint density at radius 3 is 1.73 bits per heavy atom. The lowest BCUT2D eigenvalue weighted by Crippen LogP contribution is -2.42. The molecular weight excluding hydrogens is 386 g/mol. The number of carbonyl (C=O) groups is 2. The number of hydrogen-bond donors (Lipinski definition) is 0. The van der Waals surface area contributed by atoms with Gasteiger partial charge in [-0.05, 0) is 61.6 Å². The van der Waals surface area contributed by atoms with E-state index in [1.807, 2.05) is 19.0 Å². The number of benzene rings is 2. The monoisotopic (exact) mass is 410 g/mol. The predicted molar refractivity (Wildman–Crippen MR) is 114 cm³/mol. The van der Waals surface area contributed by atoms with E-state index in [0.29, 0.717) is 35.2 Å². The Morgan fingerprint density at radius 2 is 1.33 bits per heavy atom. The Bertz CT molecular complexity index is 910. The van der Waals surface area contributed by atoms with Crippen LogP contribution in [-0.2, 0) is 9.59 Å². The van der Waals surface area contributed by atoms with Crippen molar-refractivity contribution in [2.75, 3.05) is 33.7 Å². The van der Waals surface area contributed by atoms with Crippen LogP contribution in [-0.4, -0.2) is 55.2 Å². The molecule has 1 saturated heterocycles. The van der Waals surface area contributed by atoms with Crippen LogP contribution in [0, 0.1) is 11.6 Å². The molecule has 1 fully saturated rings. The number of Topliss-reactive ketones (excluding diaryl/α,β-unsaturated/α-hetero) is 1. The molecule has 0 aromatic heterocycles. The van der Waals surface area contributed by atoms with E-state index < -0.39 is 0 Å². The molecule has 0 aliphatic carbocycles. The number of rotatable bonds is 5. The van der Waals surface area contributed by atoms with E-state index in [1.54, 1.807) is 41.3 Å². The number of halogens is 2. The molecular formula is C24H24F2N2O2. The van der Waals surface area contributed by atoms with Crippen LogP contribution < -0.4 is 0 Å². The highest BCUT2D eigenvalue weighted by Crippen LogP contribution is 2.23. The fourth-order valence-corrected chi connectivity index (χ4v) is 3.21. The van der Waals surface area contributed by atoms with Crippen molar-refractivity contribution in [2.45, 2.75) is 6.42 Å². The van der Waals surface area contributed by atoms with E-state index in [0.717, 1.165) is 0 Å². The second-order valence-corrected chi connectivity index (χ2v) is 7.57.